The molecule has 4 rings (SSSR count). The number of carbonyl (C=O) groups excluding carboxylic acids is 1. The van der Waals surface area contributed by atoms with Gasteiger partial charge >= 0.3 is 0 Å². The minimum atomic E-state index is -0.343. The van der Waals surface area contributed by atoms with Crippen molar-refractivity contribution in [2.45, 2.75) is 75.5 Å². The third kappa shape index (κ3) is 7.93. The summed E-state index contributed by atoms with van der Waals surface area (Å²) in [5, 5.41) is 13.5. The van der Waals surface area contributed by atoms with E-state index in [4.69, 9.17) is 4.74 Å². The van der Waals surface area contributed by atoms with Crippen LogP contribution in [0.15, 0.2) is 42.6 Å². The number of rotatable bonds is 13. The lowest BCUT2D eigenvalue weighted by molar-refractivity contribution is -0.121. The molecule has 1 fully saturated rings. The number of thioether (sulfide) groups is 1. The smallest absolute Gasteiger partial charge is 0.247 e. The highest BCUT2D eigenvalue weighted by Gasteiger charge is 2.24. The average molecular weight is 512 g/mol. The van der Waals surface area contributed by atoms with Crippen LogP contribution in [0.5, 0.6) is 5.75 Å². The Morgan fingerprint density at radius 1 is 1.06 bits per heavy atom. The predicted molar refractivity (Wildman–Crippen MR) is 147 cm³/mol. The quantitative estimate of drug-likeness (QED) is 0.240. The molecule has 36 heavy (non-hydrogen) atoms. The molecule has 2 heterocycles. The monoisotopic (exact) mass is 511 g/mol. The minimum Gasteiger partial charge on any atom is -0.493 e. The number of para-hydroxylation sites is 1. The lowest BCUT2D eigenvalue weighted by Crippen LogP contribution is -2.41. The minimum absolute atomic E-state index is 0.0352. The van der Waals surface area contributed by atoms with Crippen LogP contribution in [-0.4, -0.2) is 48.3 Å². The second-order valence-corrected chi connectivity index (χ2v) is 10.6. The Kier molecular flexibility index (Phi) is 10.9. The maximum absolute atomic E-state index is 12.8. The third-order valence-electron chi connectivity index (χ3n) is 7.06. The molecule has 0 bridgehead atoms. The zero-order valence-corrected chi connectivity index (χ0v) is 22.2. The SMILES string of the molecule is CS[C@H](NCc1ccccn1)C(=O)NCc1cccc2c1OCCC2NCCCNC1CCCCC1. The lowest BCUT2D eigenvalue weighted by Gasteiger charge is -2.29. The number of ether oxygens (including phenoxy) is 1. The van der Waals surface area contributed by atoms with E-state index < -0.39 is 0 Å². The molecule has 1 aliphatic heterocycles. The molecule has 8 heteroatoms. The summed E-state index contributed by atoms with van der Waals surface area (Å²) in [7, 11) is 0. The van der Waals surface area contributed by atoms with E-state index in [1.807, 2.05) is 30.5 Å². The first-order valence-electron chi connectivity index (χ1n) is 13.4. The van der Waals surface area contributed by atoms with Crippen molar-refractivity contribution in [1.82, 2.24) is 26.3 Å². The summed E-state index contributed by atoms with van der Waals surface area (Å²) in [6.07, 6.45) is 12.6. The number of hydrogen-bond donors (Lipinski definition) is 4. The Morgan fingerprint density at radius 3 is 2.72 bits per heavy atom. The third-order valence-corrected chi connectivity index (χ3v) is 7.91. The molecule has 2 aliphatic rings. The standard InChI is InChI=1S/C28H41N5O2S/c1-36-28(33-20-23-12-5-6-15-30-23)27(34)32-19-21-9-7-13-24-25(14-18-35-26(21)24)31-17-8-16-29-22-10-3-2-4-11-22/h5-7,9,12-13,15,22,25,28-29,31,33H,2-4,8,10-11,14,16-20H2,1H3,(H,32,34)/t25?,28-/m0/s1. The highest BCUT2D eigenvalue weighted by atomic mass is 32.2. The van der Waals surface area contributed by atoms with Crippen molar-refractivity contribution in [2.75, 3.05) is 26.0 Å². The summed E-state index contributed by atoms with van der Waals surface area (Å²) < 4.78 is 6.08. The summed E-state index contributed by atoms with van der Waals surface area (Å²) in [6.45, 7) is 3.75. The number of aromatic nitrogens is 1. The molecule has 0 spiro atoms. The van der Waals surface area contributed by atoms with E-state index in [9.17, 15) is 4.79 Å². The number of carbonyl (C=O) groups is 1. The van der Waals surface area contributed by atoms with Crippen molar-refractivity contribution in [3.63, 3.8) is 0 Å². The molecule has 1 aliphatic carbocycles. The first-order chi connectivity index (χ1) is 17.7. The van der Waals surface area contributed by atoms with Crippen LogP contribution < -0.4 is 26.0 Å². The lowest BCUT2D eigenvalue weighted by atomic mass is 9.95. The van der Waals surface area contributed by atoms with E-state index in [1.165, 1.54) is 49.4 Å². The van der Waals surface area contributed by atoms with Crippen LogP contribution in [0.2, 0.25) is 0 Å². The molecule has 1 saturated carbocycles. The Balaban J connectivity index is 1.24. The number of hydrogen-bond acceptors (Lipinski definition) is 7. The number of nitrogens with one attached hydrogen (secondary N) is 4. The number of fused-ring (bicyclic) bond motifs is 1. The van der Waals surface area contributed by atoms with Gasteiger partial charge in [0.15, 0.2) is 0 Å². The fraction of sp³-hybridized carbons (Fsp3) is 0.571. The van der Waals surface area contributed by atoms with Crippen LogP contribution in [0.4, 0.5) is 0 Å². The summed E-state index contributed by atoms with van der Waals surface area (Å²) in [5.41, 5.74) is 3.14. The van der Waals surface area contributed by atoms with Gasteiger partial charge in [0, 0.05) is 48.9 Å². The van der Waals surface area contributed by atoms with Crippen LogP contribution in [0, 0.1) is 0 Å². The molecular weight excluding hydrogens is 470 g/mol. The van der Waals surface area contributed by atoms with Crippen molar-refractivity contribution >= 4 is 17.7 Å². The number of amides is 1. The molecule has 0 radical (unpaired) electrons. The van der Waals surface area contributed by atoms with Gasteiger partial charge in [-0.1, -0.05) is 43.5 Å². The molecule has 7 nitrogen and oxygen atoms in total. The van der Waals surface area contributed by atoms with Crippen LogP contribution in [-0.2, 0) is 17.9 Å². The van der Waals surface area contributed by atoms with Crippen molar-refractivity contribution in [1.29, 1.82) is 0 Å². The molecular formula is C28H41N5O2S. The van der Waals surface area contributed by atoms with Crippen molar-refractivity contribution in [3.8, 4) is 5.75 Å². The molecule has 1 unspecified atom stereocenters. The van der Waals surface area contributed by atoms with E-state index in [0.717, 1.165) is 49.0 Å². The van der Waals surface area contributed by atoms with E-state index in [0.29, 0.717) is 19.7 Å². The molecule has 2 atom stereocenters. The molecule has 4 N–H and O–H groups in total. The van der Waals surface area contributed by atoms with E-state index in [1.54, 1.807) is 6.20 Å². The molecule has 0 saturated heterocycles. The first kappa shape index (κ1) is 26.9. The molecule has 196 valence electrons. The molecule has 1 aromatic carbocycles. The highest BCUT2D eigenvalue weighted by Crippen LogP contribution is 2.35. The molecule has 1 amide bonds. The van der Waals surface area contributed by atoms with Gasteiger partial charge in [0.1, 0.15) is 11.1 Å². The van der Waals surface area contributed by atoms with Gasteiger partial charge in [0.25, 0.3) is 0 Å². The Labute approximate surface area is 219 Å². The maximum Gasteiger partial charge on any atom is 0.247 e. The zero-order valence-electron chi connectivity index (χ0n) is 21.4. The maximum atomic E-state index is 12.8. The van der Waals surface area contributed by atoms with E-state index in [-0.39, 0.29) is 17.3 Å². The first-order valence-corrected chi connectivity index (χ1v) is 14.7. The number of benzene rings is 1. The summed E-state index contributed by atoms with van der Waals surface area (Å²) in [5.74, 6) is 0.885. The van der Waals surface area contributed by atoms with Crippen LogP contribution >= 0.6 is 11.8 Å². The fourth-order valence-electron chi connectivity index (χ4n) is 5.08. The summed E-state index contributed by atoms with van der Waals surface area (Å²) >= 11 is 1.49. The summed E-state index contributed by atoms with van der Waals surface area (Å²) in [6, 6.07) is 13.1. The normalized spacial score (nSPS) is 18.8. The van der Waals surface area contributed by atoms with Gasteiger partial charge < -0.3 is 20.7 Å². The van der Waals surface area contributed by atoms with Gasteiger partial charge in [-0.3, -0.25) is 15.1 Å². The van der Waals surface area contributed by atoms with Gasteiger partial charge in [-0.05, 0) is 50.7 Å². The van der Waals surface area contributed by atoms with Gasteiger partial charge in [-0.2, -0.15) is 0 Å². The highest BCUT2D eigenvalue weighted by molar-refractivity contribution is 7.99. The van der Waals surface area contributed by atoms with Gasteiger partial charge in [-0.25, -0.2) is 0 Å². The van der Waals surface area contributed by atoms with Crippen molar-refractivity contribution in [3.05, 3.63) is 59.4 Å². The predicted octanol–water partition coefficient (Wildman–Crippen LogP) is 3.90. The zero-order chi connectivity index (χ0) is 25.0. The Bertz CT molecular complexity index is 939. The molecule has 2 aromatic rings. The number of nitrogens with zero attached hydrogens (tertiary/aromatic N) is 1. The molecule has 1 aromatic heterocycles. The van der Waals surface area contributed by atoms with E-state index >= 15 is 0 Å². The fourth-order valence-corrected chi connectivity index (χ4v) is 5.62. The Hall–Kier alpha value is -2.13. The van der Waals surface area contributed by atoms with Gasteiger partial charge in [0.2, 0.25) is 5.91 Å². The van der Waals surface area contributed by atoms with Crippen LogP contribution in [0.3, 0.4) is 0 Å². The summed E-state index contributed by atoms with van der Waals surface area (Å²) in [4.78, 5) is 17.2. The van der Waals surface area contributed by atoms with Gasteiger partial charge in [-0.15, -0.1) is 11.8 Å². The Morgan fingerprint density at radius 2 is 1.92 bits per heavy atom. The second-order valence-electron chi connectivity index (χ2n) is 9.66. The number of pyridine rings is 1. The average Bonchev–Trinajstić information content (AvgIpc) is 2.93. The van der Waals surface area contributed by atoms with Crippen LogP contribution in [0.1, 0.15) is 67.8 Å². The van der Waals surface area contributed by atoms with Gasteiger partial charge in [0.05, 0.1) is 12.3 Å². The second kappa shape index (κ2) is 14.6. The topological polar surface area (TPSA) is 87.3 Å². The van der Waals surface area contributed by atoms with Crippen LogP contribution in [0.25, 0.3) is 0 Å². The van der Waals surface area contributed by atoms with Crippen molar-refractivity contribution < 1.29 is 9.53 Å². The largest absolute Gasteiger partial charge is 0.493 e. The van der Waals surface area contributed by atoms with E-state index in [2.05, 4.69) is 38.4 Å². The van der Waals surface area contributed by atoms with Crippen molar-refractivity contribution in [2.24, 2.45) is 0 Å².